The van der Waals surface area contributed by atoms with Crippen molar-refractivity contribution >= 4 is 23.2 Å². The van der Waals surface area contributed by atoms with Crippen molar-refractivity contribution in [2.24, 2.45) is 5.92 Å². The second kappa shape index (κ2) is 5.57. The third-order valence-electron chi connectivity index (χ3n) is 3.34. The van der Waals surface area contributed by atoms with E-state index in [1.807, 2.05) is 12.1 Å². The molecule has 1 aromatic carbocycles. The van der Waals surface area contributed by atoms with Crippen LogP contribution in [0.1, 0.15) is 25.5 Å². The van der Waals surface area contributed by atoms with Gasteiger partial charge >= 0.3 is 0 Å². The Morgan fingerprint density at radius 1 is 1.29 bits per heavy atom. The first kappa shape index (κ1) is 13.2. The zero-order chi connectivity index (χ0) is 12.4. The van der Waals surface area contributed by atoms with Crippen molar-refractivity contribution in [3.8, 4) is 0 Å². The van der Waals surface area contributed by atoms with E-state index in [0.717, 1.165) is 18.7 Å². The molecule has 1 aliphatic rings. The zero-order valence-corrected chi connectivity index (χ0v) is 11.6. The normalized spacial score (nSPS) is 30.0. The van der Waals surface area contributed by atoms with Crippen LogP contribution >= 0.6 is 23.2 Å². The number of hydrogen-bond donors (Lipinski definition) is 1. The van der Waals surface area contributed by atoms with Gasteiger partial charge in [0.2, 0.25) is 0 Å². The topological polar surface area (TPSA) is 21.3 Å². The summed E-state index contributed by atoms with van der Waals surface area (Å²) in [6.07, 6.45) is -0.0198. The molecule has 1 N–H and O–H groups in total. The molecule has 3 unspecified atom stereocenters. The summed E-state index contributed by atoms with van der Waals surface area (Å²) < 4.78 is 5.90. The van der Waals surface area contributed by atoms with E-state index in [2.05, 4.69) is 19.2 Å². The molecule has 0 aliphatic carbocycles. The van der Waals surface area contributed by atoms with E-state index in [4.69, 9.17) is 27.9 Å². The van der Waals surface area contributed by atoms with Crippen molar-refractivity contribution in [2.45, 2.75) is 26.0 Å². The first-order valence-electron chi connectivity index (χ1n) is 5.88. The fourth-order valence-electron chi connectivity index (χ4n) is 1.93. The molecular formula is C13H17Cl2NO. The summed E-state index contributed by atoms with van der Waals surface area (Å²) in [5.41, 5.74) is 0.966. The van der Waals surface area contributed by atoms with Gasteiger partial charge in [-0.25, -0.2) is 0 Å². The van der Waals surface area contributed by atoms with Crippen LogP contribution in [0.5, 0.6) is 0 Å². The van der Waals surface area contributed by atoms with Crippen LogP contribution in [-0.2, 0) is 4.74 Å². The lowest BCUT2D eigenvalue weighted by molar-refractivity contribution is 0.0497. The maximum absolute atomic E-state index is 6.19. The van der Waals surface area contributed by atoms with Crippen LogP contribution in [0.4, 0.5) is 0 Å². The molecule has 1 heterocycles. The maximum atomic E-state index is 6.19. The Morgan fingerprint density at radius 2 is 2.06 bits per heavy atom. The Bertz CT molecular complexity index is 385. The van der Waals surface area contributed by atoms with E-state index in [9.17, 15) is 0 Å². The smallest absolute Gasteiger partial charge is 0.0964 e. The van der Waals surface area contributed by atoms with Gasteiger partial charge in [0, 0.05) is 28.2 Å². The molecule has 3 atom stereocenters. The standard InChI is InChI=1S/C13H17Cl2NO/c1-8-7-17-13(6-16-9(8)2)11-5-10(14)3-4-12(11)15/h3-5,8-9,13,16H,6-7H2,1-2H3. The lowest BCUT2D eigenvalue weighted by atomic mass is 10.1. The maximum Gasteiger partial charge on any atom is 0.0964 e. The molecule has 94 valence electrons. The first-order chi connectivity index (χ1) is 8.08. The largest absolute Gasteiger partial charge is 0.372 e. The predicted molar refractivity (Wildman–Crippen MR) is 71.8 cm³/mol. The summed E-state index contributed by atoms with van der Waals surface area (Å²) >= 11 is 12.2. The van der Waals surface area contributed by atoms with Gasteiger partial charge in [-0.05, 0) is 31.0 Å². The summed E-state index contributed by atoms with van der Waals surface area (Å²) in [4.78, 5) is 0. The van der Waals surface area contributed by atoms with Crippen LogP contribution in [0.2, 0.25) is 10.0 Å². The zero-order valence-electron chi connectivity index (χ0n) is 10.0. The van der Waals surface area contributed by atoms with Crippen LogP contribution in [0.3, 0.4) is 0 Å². The molecule has 17 heavy (non-hydrogen) atoms. The van der Waals surface area contributed by atoms with Gasteiger partial charge < -0.3 is 10.1 Å². The highest BCUT2D eigenvalue weighted by molar-refractivity contribution is 6.33. The predicted octanol–water partition coefficient (Wildman–Crippen LogP) is 3.68. The fourth-order valence-corrected chi connectivity index (χ4v) is 2.35. The Labute approximate surface area is 112 Å². The van der Waals surface area contributed by atoms with E-state index in [1.165, 1.54) is 0 Å². The van der Waals surface area contributed by atoms with Gasteiger partial charge in [0.05, 0.1) is 12.7 Å². The minimum Gasteiger partial charge on any atom is -0.372 e. The van der Waals surface area contributed by atoms with Gasteiger partial charge in [0.25, 0.3) is 0 Å². The number of halogens is 2. The summed E-state index contributed by atoms with van der Waals surface area (Å²) in [6, 6.07) is 5.96. The third-order valence-corrected chi connectivity index (χ3v) is 3.92. The molecule has 1 fully saturated rings. The van der Waals surface area contributed by atoms with Gasteiger partial charge in [-0.15, -0.1) is 0 Å². The van der Waals surface area contributed by atoms with Gasteiger partial charge in [-0.2, -0.15) is 0 Å². The van der Waals surface area contributed by atoms with E-state index in [1.54, 1.807) is 6.07 Å². The number of hydrogen-bond acceptors (Lipinski definition) is 2. The van der Waals surface area contributed by atoms with Gasteiger partial charge in [0.15, 0.2) is 0 Å². The van der Waals surface area contributed by atoms with Crippen LogP contribution in [0.15, 0.2) is 18.2 Å². The Morgan fingerprint density at radius 3 is 2.82 bits per heavy atom. The second-order valence-corrected chi connectivity index (χ2v) is 5.51. The van der Waals surface area contributed by atoms with Crippen molar-refractivity contribution in [3.05, 3.63) is 33.8 Å². The summed E-state index contributed by atoms with van der Waals surface area (Å²) in [7, 11) is 0. The highest BCUT2D eigenvalue weighted by Crippen LogP contribution is 2.30. The molecule has 0 amide bonds. The van der Waals surface area contributed by atoms with Crippen molar-refractivity contribution < 1.29 is 4.74 Å². The quantitative estimate of drug-likeness (QED) is 0.843. The highest BCUT2D eigenvalue weighted by Gasteiger charge is 2.23. The van der Waals surface area contributed by atoms with Crippen molar-refractivity contribution in [3.63, 3.8) is 0 Å². The molecule has 1 aliphatic heterocycles. The molecule has 0 bridgehead atoms. The number of rotatable bonds is 1. The van der Waals surface area contributed by atoms with Crippen LogP contribution in [0, 0.1) is 5.92 Å². The fraction of sp³-hybridized carbons (Fsp3) is 0.538. The monoisotopic (exact) mass is 273 g/mol. The van der Waals surface area contributed by atoms with Crippen molar-refractivity contribution in [2.75, 3.05) is 13.2 Å². The highest BCUT2D eigenvalue weighted by atomic mass is 35.5. The van der Waals surface area contributed by atoms with Crippen molar-refractivity contribution in [1.82, 2.24) is 5.32 Å². The summed E-state index contributed by atoms with van der Waals surface area (Å²) in [5.74, 6) is 0.498. The molecule has 1 saturated heterocycles. The van der Waals surface area contributed by atoms with Crippen LogP contribution in [0.25, 0.3) is 0 Å². The Balaban J connectivity index is 2.19. The number of benzene rings is 1. The molecule has 0 spiro atoms. The average molecular weight is 274 g/mol. The first-order valence-corrected chi connectivity index (χ1v) is 6.63. The third kappa shape index (κ3) is 3.14. The molecule has 1 aromatic rings. The minimum absolute atomic E-state index is 0.0198. The SMILES string of the molecule is CC1COC(c2cc(Cl)ccc2Cl)CNC1C. The molecule has 4 heteroatoms. The van der Waals surface area contributed by atoms with Crippen molar-refractivity contribution in [1.29, 1.82) is 0 Å². The van der Waals surface area contributed by atoms with Gasteiger partial charge in [0.1, 0.15) is 0 Å². The van der Waals surface area contributed by atoms with Gasteiger partial charge in [-0.1, -0.05) is 30.1 Å². The van der Waals surface area contributed by atoms with E-state index < -0.39 is 0 Å². The molecule has 0 saturated carbocycles. The number of ether oxygens (including phenoxy) is 1. The average Bonchev–Trinajstić information content (AvgIpc) is 2.47. The number of nitrogens with one attached hydrogen (secondary N) is 1. The lowest BCUT2D eigenvalue weighted by Crippen LogP contribution is -2.32. The van der Waals surface area contributed by atoms with Crippen LogP contribution < -0.4 is 5.32 Å². The second-order valence-electron chi connectivity index (χ2n) is 4.66. The molecule has 0 radical (unpaired) electrons. The van der Waals surface area contributed by atoms with Gasteiger partial charge in [-0.3, -0.25) is 0 Å². The molecule has 2 nitrogen and oxygen atoms in total. The molecule has 0 aromatic heterocycles. The molecular weight excluding hydrogens is 257 g/mol. The van der Waals surface area contributed by atoms with E-state index >= 15 is 0 Å². The van der Waals surface area contributed by atoms with E-state index in [0.29, 0.717) is 22.0 Å². The van der Waals surface area contributed by atoms with Crippen LogP contribution in [-0.4, -0.2) is 19.2 Å². The summed E-state index contributed by atoms with van der Waals surface area (Å²) in [5, 5.41) is 4.87. The Hall–Kier alpha value is -0.280. The van der Waals surface area contributed by atoms with E-state index in [-0.39, 0.29) is 6.10 Å². The Kier molecular flexibility index (Phi) is 4.31. The minimum atomic E-state index is -0.0198. The lowest BCUT2D eigenvalue weighted by Gasteiger charge is -2.17. The molecule has 2 rings (SSSR count). The summed E-state index contributed by atoms with van der Waals surface area (Å²) in [6.45, 7) is 5.86.